The molecule has 8 aromatic rings. The Morgan fingerprint density at radius 1 is 0.856 bits per heavy atom. The SMILES string of the molecule is CO/C(C)=C1/NC(=O)[C@H]([C@@H](C)O)NC(=O)c2csc(n2)-c2cc(O)c(-c3nc(CNC(=O)C(N)=O)cs3)nc2-c2csc(n2)[C@@H]2COC(=O)c3c4c5c(cccc5n3O)COC(=O)[C@@H](O[C@H]3C[C@](C)(O)[C@H](N(C)C)[C@H](C)O3)[C@@H](OC4)[C@H](NC(=O)c3csc1n3)c1nc(cs1)C(=O)N2. The molecule has 0 unspecified atom stereocenters. The van der Waals surface area contributed by atoms with Gasteiger partial charge in [-0.1, -0.05) is 12.1 Å². The van der Waals surface area contributed by atoms with Crippen molar-refractivity contribution in [2.45, 2.75) is 114 Å². The highest BCUT2D eigenvalue weighted by Crippen LogP contribution is 2.43. The van der Waals surface area contributed by atoms with Crippen LogP contribution in [0.3, 0.4) is 0 Å². The number of nitrogens with zero attached hydrogens (tertiary/aromatic N) is 8. The monoisotopic (exact) mass is 1420 g/mol. The Morgan fingerprint density at radius 3 is 2.25 bits per heavy atom. The first-order chi connectivity index (χ1) is 46.3. The number of cyclic esters (lactones) is 2. The van der Waals surface area contributed by atoms with Crippen molar-refractivity contribution in [2.24, 2.45) is 5.73 Å². The lowest BCUT2D eigenvalue weighted by molar-refractivity contribution is -0.280. The summed E-state index contributed by atoms with van der Waals surface area (Å²) in [5, 5.41) is 67.9. The highest BCUT2D eigenvalue weighted by Gasteiger charge is 2.50. The van der Waals surface area contributed by atoms with Crippen LogP contribution in [-0.2, 0) is 67.4 Å². The molecule has 11 N–H and O–H groups in total. The van der Waals surface area contributed by atoms with E-state index >= 15 is 14.4 Å². The molecule has 1 aromatic carbocycles. The first-order valence-electron chi connectivity index (χ1n) is 29.5. The fourth-order valence-electron chi connectivity index (χ4n) is 11.7. The van der Waals surface area contributed by atoms with Crippen molar-refractivity contribution in [2.75, 3.05) is 27.8 Å². The molecule has 11 heterocycles. The number of methoxy groups -OCH3 is 1. The number of nitrogens with one attached hydrogen (secondary N) is 5. The van der Waals surface area contributed by atoms with Gasteiger partial charge in [-0.15, -0.1) is 56.7 Å². The van der Waals surface area contributed by atoms with Crippen LogP contribution in [0.15, 0.2) is 56.9 Å². The largest absolute Gasteiger partial charge is 0.506 e. The standard InChI is InChI=1S/C60H60N14O18S5/c1-22(75)38-51(81)71-39(23(2)87-7)55-67-33(21-96-55)50(80)72-42-44-45(92-36-12-60(4,85)46(73(5)6)24(3)91-36)59(84)89-14-25-9-8-10-34-37(25)28(15-88-44)43(74(34)86)58(83)90-16-29(64-48(78)31-20-97-57(42)68-31)54-65-30(18-95-54)40-27(53-66-32(19-94-53)49(79)70-38)11-35(76)41(69-40)56-63-26(17-93-56)13-62-52(82)47(61)77/h8-11,17-22,24,29,36,38,42,44-46,75-76,85-86H,12-16H2,1-7H3,(H2,61,77)(H,62,82)(H,64,78)(H,70,79)(H,71,81)(H,72,80)/b39-23+/t22-,24+,29+,36+,38+,42+,44+,45+,46-,60+/m1/s1. The van der Waals surface area contributed by atoms with E-state index in [2.05, 4.69) is 41.5 Å². The molecule has 12 bridgehead atoms. The number of fused-ring (bicyclic) bond motifs is 15. The molecule has 0 spiro atoms. The molecule has 4 aliphatic rings. The molecule has 0 saturated carbocycles. The van der Waals surface area contributed by atoms with Crippen molar-refractivity contribution in [3.05, 3.63) is 112 Å². The molecular weight excluding hydrogens is 1370 g/mol. The fourth-order valence-corrected chi connectivity index (χ4v) is 15.9. The molecule has 12 rings (SSSR count). The molecule has 1 fully saturated rings. The Kier molecular flexibility index (Phi) is 19.1. The number of hydrogen-bond donors (Lipinski definition) is 10. The maximum absolute atomic E-state index is 15.2. The lowest BCUT2D eigenvalue weighted by Crippen LogP contribution is -2.62. The van der Waals surface area contributed by atoms with Crippen LogP contribution in [0.4, 0.5) is 0 Å². The lowest BCUT2D eigenvalue weighted by Gasteiger charge is -2.48. The third kappa shape index (κ3) is 13.5. The molecule has 0 aliphatic carbocycles. The smallest absolute Gasteiger partial charge is 0.358 e. The van der Waals surface area contributed by atoms with Gasteiger partial charge in [-0.3, -0.25) is 28.8 Å². The zero-order chi connectivity index (χ0) is 69.0. The van der Waals surface area contributed by atoms with Crippen LogP contribution in [0, 0.1) is 0 Å². The van der Waals surface area contributed by atoms with E-state index < -0.39 is 139 Å². The number of aliphatic hydroxyl groups excluding tert-OH is 1. The highest BCUT2D eigenvalue weighted by atomic mass is 32.1. The van der Waals surface area contributed by atoms with Crippen LogP contribution >= 0.6 is 56.7 Å². The number of amides is 6. The van der Waals surface area contributed by atoms with E-state index in [1.54, 1.807) is 50.4 Å². The van der Waals surface area contributed by atoms with Gasteiger partial charge in [0.15, 0.2) is 18.1 Å². The van der Waals surface area contributed by atoms with E-state index in [-0.39, 0.29) is 111 Å². The second kappa shape index (κ2) is 27.3. The van der Waals surface area contributed by atoms with Crippen molar-refractivity contribution in [1.29, 1.82) is 0 Å². The molecule has 7 aromatic heterocycles. The van der Waals surface area contributed by atoms with Gasteiger partial charge in [-0.2, -0.15) is 4.73 Å². The summed E-state index contributed by atoms with van der Waals surface area (Å²) >= 11 is 4.65. The van der Waals surface area contributed by atoms with Crippen molar-refractivity contribution in [3.63, 3.8) is 0 Å². The minimum absolute atomic E-state index is 0.0135. The van der Waals surface area contributed by atoms with Crippen LogP contribution in [-0.4, -0.2) is 184 Å². The molecule has 32 nitrogen and oxygen atoms in total. The number of thiazole rings is 5. The molecule has 6 amide bonds. The number of pyridine rings is 1. The number of aliphatic hydroxyl groups is 2. The topological polar surface area (TPSA) is 445 Å². The molecule has 37 heteroatoms. The number of rotatable bonds is 8. The van der Waals surface area contributed by atoms with Gasteiger partial charge in [0, 0.05) is 49.8 Å². The summed E-state index contributed by atoms with van der Waals surface area (Å²) < 4.78 is 38.2. The molecule has 0 radical (unpaired) electrons. The summed E-state index contributed by atoms with van der Waals surface area (Å²) in [7, 11) is 4.84. The normalized spacial score (nSPS) is 24.2. The number of aromatic hydroxyl groups is 1. The Labute approximate surface area is 568 Å². The summed E-state index contributed by atoms with van der Waals surface area (Å²) in [5.74, 6) is -8.58. The zero-order valence-corrected chi connectivity index (χ0v) is 56.2. The fraction of sp³-hybridized carbons (Fsp3) is 0.367. The van der Waals surface area contributed by atoms with Crippen LogP contribution in [0.2, 0.25) is 0 Å². The number of allylic oxidation sites excluding steroid dienone is 1. The number of ether oxygens (including phenoxy) is 6. The molecule has 97 heavy (non-hydrogen) atoms. The van der Waals surface area contributed by atoms with E-state index in [0.29, 0.717) is 10.3 Å². The predicted octanol–water partition coefficient (Wildman–Crippen LogP) is 3.26. The number of carbonyl (C=O) groups excluding carboxylic acids is 8. The predicted molar refractivity (Wildman–Crippen MR) is 345 cm³/mol. The second-order valence-corrected chi connectivity index (χ2v) is 27.5. The maximum Gasteiger partial charge on any atom is 0.358 e. The summed E-state index contributed by atoms with van der Waals surface area (Å²) in [6, 6.07) is 0.729. The molecule has 508 valence electrons. The highest BCUT2D eigenvalue weighted by molar-refractivity contribution is 7.14. The van der Waals surface area contributed by atoms with E-state index in [1.165, 1.54) is 54.6 Å². The van der Waals surface area contributed by atoms with Gasteiger partial charge < -0.3 is 86.2 Å². The van der Waals surface area contributed by atoms with Gasteiger partial charge in [0.1, 0.15) is 114 Å². The number of nitrogens with two attached hydrogens (primary N) is 1. The molecule has 1 saturated heterocycles. The average Bonchev–Trinajstić information content (AvgIpc) is 1.61. The van der Waals surface area contributed by atoms with Crippen molar-refractivity contribution in [3.8, 4) is 38.4 Å². The maximum atomic E-state index is 15.2. The van der Waals surface area contributed by atoms with Crippen LogP contribution in [0.1, 0.15) is 120 Å². The molecule has 10 atom stereocenters. The van der Waals surface area contributed by atoms with E-state index in [9.17, 15) is 44.5 Å². The lowest BCUT2D eigenvalue weighted by atomic mass is 9.85. The van der Waals surface area contributed by atoms with E-state index in [1.807, 2.05) is 0 Å². The number of carbonyl (C=O) groups is 8. The zero-order valence-electron chi connectivity index (χ0n) is 52.1. The first kappa shape index (κ1) is 67.7. The number of benzene rings is 1. The van der Waals surface area contributed by atoms with Gasteiger partial charge >= 0.3 is 23.8 Å². The van der Waals surface area contributed by atoms with Crippen LogP contribution in [0.25, 0.3) is 49.3 Å². The minimum Gasteiger partial charge on any atom is -0.506 e. The first-order valence-corrected chi connectivity index (χ1v) is 33.9. The summed E-state index contributed by atoms with van der Waals surface area (Å²) in [5.41, 5.74) is 3.01. The number of esters is 2. The van der Waals surface area contributed by atoms with Gasteiger partial charge in [-0.25, -0.2) is 39.5 Å². The van der Waals surface area contributed by atoms with Crippen molar-refractivity contribution >= 4 is 121 Å². The average molecular weight is 1430 g/mol. The minimum atomic E-state index is -1.91. The Bertz CT molecular complexity index is 4510. The van der Waals surface area contributed by atoms with Crippen molar-refractivity contribution < 1.29 is 87.3 Å². The van der Waals surface area contributed by atoms with E-state index in [4.69, 9.17) is 49.1 Å². The van der Waals surface area contributed by atoms with Crippen LogP contribution in [0.5, 0.6) is 5.75 Å². The van der Waals surface area contributed by atoms with Gasteiger partial charge in [0.2, 0.25) is 5.91 Å². The third-order valence-electron chi connectivity index (χ3n) is 16.2. The number of aromatic nitrogens is 7. The quantitative estimate of drug-likeness (QED) is 0.0451. The Hall–Kier alpha value is -9.28. The number of hydrogen-bond acceptors (Lipinski definition) is 30. The number of likely N-dealkylation sites (N-methyl/N-ethyl adjacent to an activating group) is 1. The molecular formula is C60H60N14O18S5. The number of primary amides is 1. The molecule has 4 aliphatic heterocycles. The van der Waals surface area contributed by atoms with Gasteiger partial charge in [-0.05, 0) is 59.5 Å². The Balaban J connectivity index is 1.04. The van der Waals surface area contributed by atoms with Crippen LogP contribution < -0.4 is 32.3 Å². The third-order valence-corrected chi connectivity index (χ3v) is 20.7. The second-order valence-electron chi connectivity index (χ2n) is 23.2. The van der Waals surface area contributed by atoms with E-state index in [0.717, 1.165) is 56.7 Å². The van der Waals surface area contributed by atoms with Gasteiger partial charge in [0.25, 0.3) is 17.7 Å². The Morgan fingerprint density at radius 2 is 1.53 bits per heavy atom. The van der Waals surface area contributed by atoms with Crippen molar-refractivity contribution in [1.82, 2.24) is 66.1 Å². The van der Waals surface area contributed by atoms with Gasteiger partial charge in [0.05, 0.1) is 55.3 Å². The summed E-state index contributed by atoms with van der Waals surface area (Å²) in [4.78, 5) is 142. The summed E-state index contributed by atoms with van der Waals surface area (Å²) in [6.07, 6.45) is -7.52. The summed E-state index contributed by atoms with van der Waals surface area (Å²) in [6.45, 7) is 4.05.